The highest BCUT2D eigenvalue weighted by atomic mass is 16.5. The van der Waals surface area contributed by atoms with Gasteiger partial charge in [0.1, 0.15) is 5.54 Å². The molecule has 0 atom stereocenters. The van der Waals surface area contributed by atoms with Gasteiger partial charge in [-0.05, 0) is 48.1 Å². The summed E-state index contributed by atoms with van der Waals surface area (Å²) in [6.07, 6.45) is 1.87. The van der Waals surface area contributed by atoms with E-state index in [0.717, 1.165) is 16.7 Å². The number of likely N-dealkylation sites (tertiary alicyclic amines) is 1. The predicted octanol–water partition coefficient (Wildman–Crippen LogP) is 4.44. The molecule has 3 aromatic rings. The van der Waals surface area contributed by atoms with E-state index in [2.05, 4.69) is 17.0 Å². The van der Waals surface area contributed by atoms with Crippen LogP contribution in [0, 0.1) is 0 Å². The SMILES string of the molecule is COc1ccc(CN2CCC3(CC2)C(=O)N(Cc2ccccc2)C(=O)N3CCc2ccccc2)cc1O. The summed E-state index contributed by atoms with van der Waals surface area (Å²) >= 11 is 0. The third-order valence-corrected chi connectivity index (χ3v) is 7.60. The Morgan fingerprint density at radius 1 is 0.838 bits per heavy atom. The number of piperidine rings is 1. The highest BCUT2D eigenvalue weighted by Gasteiger charge is 2.57. The summed E-state index contributed by atoms with van der Waals surface area (Å²) < 4.78 is 5.15. The van der Waals surface area contributed by atoms with E-state index in [4.69, 9.17) is 4.74 Å². The number of urea groups is 1. The third kappa shape index (κ3) is 5.04. The number of phenolic OH excluding ortho intramolecular Hbond substituents is 1. The average molecular weight is 500 g/mol. The Morgan fingerprint density at radius 3 is 2.11 bits per heavy atom. The lowest BCUT2D eigenvalue weighted by molar-refractivity contribution is -0.136. The van der Waals surface area contributed by atoms with Crippen LogP contribution in [-0.2, 0) is 24.3 Å². The predicted molar refractivity (Wildman–Crippen MR) is 141 cm³/mol. The van der Waals surface area contributed by atoms with Gasteiger partial charge in [0.25, 0.3) is 5.91 Å². The molecule has 3 aromatic carbocycles. The van der Waals surface area contributed by atoms with E-state index in [1.165, 1.54) is 12.0 Å². The minimum Gasteiger partial charge on any atom is -0.504 e. The smallest absolute Gasteiger partial charge is 0.328 e. The highest BCUT2D eigenvalue weighted by Crippen LogP contribution is 2.39. The summed E-state index contributed by atoms with van der Waals surface area (Å²) in [6.45, 7) is 2.83. The molecule has 37 heavy (non-hydrogen) atoms. The molecule has 2 heterocycles. The van der Waals surface area contributed by atoms with E-state index >= 15 is 0 Å². The molecule has 2 fully saturated rings. The van der Waals surface area contributed by atoms with Crippen molar-refractivity contribution in [3.8, 4) is 11.5 Å². The van der Waals surface area contributed by atoms with Crippen LogP contribution in [0.15, 0.2) is 78.9 Å². The van der Waals surface area contributed by atoms with Crippen LogP contribution in [0.1, 0.15) is 29.5 Å². The first kappa shape index (κ1) is 24.8. The highest BCUT2D eigenvalue weighted by molar-refractivity contribution is 6.07. The average Bonchev–Trinajstić information content (AvgIpc) is 3.11. The molecule has 5 rings (SSSR count). The number of amides is 3. The lowest BCUT2D eigenvalue weighted by atomic mass is 9.85. The van der Waals surface area contributed by atoms with E-state index in [1.54, 1.807) is 12.1 Å². The largest absolute Gasteiger partial charge is 0.504 e. The zero-order valence-electron chi connectivity index (χ0n) is 21.2. The van der Waals surface area contributed by atoms with Gasteiger partial charge in [-0.3, -0.25) is 14.6 Å². The van der Waals surface area contributed by atoms with Gasteiger partial charge in [-0.15, -0.1) is 0 Å². The number of rotatable bonds is 8. The summed E-state index contributed by atoms with van der Waals surface area (Å²) in [7, 11) is 1.53. The molecule has 192 valence electrons. The van der Waals surface area contributed by atoms with Crippen molar-refractivity contribution >= 4 is 11.9 Å². The Morgan fingerprint density at radius 2 is 1.49 bits per heavy atom. The van der Waals surface area contributed by atoms with Crippen LogP contribution >= 0.6 is 0 Å². The molecule has 0 radical (unpaired) electrons. The van der Waals surface area contributed by atoms with Crippen molar-refractivity contribution in [2.24, 2.45) is 0 Å². The molecule has 2 saturated heterocycles. The topological polar surface area (TPSA) is 73.3 Å². The van der Waals surface area contributed by atoms with Gasteiger partial charge in [-0.2, -0.15) is 0 Å². The van der Waals surface area contributed by atoms with Gasteiger partial charge in [0.05, 0.1) is 13.7 Å². The van der Waals surface area contributed by atoms with Crippen molar-refractivity contribution in [3.05, 3.63) is 95.6 Å². The van der Waals surface area contributed by atoms with Gasteiger partial charge in [0.15, 0.2) is 11.5 Å². The first-order valence-electron chi connectivity index (χ1n) is 12.8. The Kier molecular flexibility index (Phi) is 7.15. The standard InChI is InChI=1S/C30H33N3O4/c1-37-27-13-12-25(20-26(27)34)21-31-18-15-30(16-19-31)28(35)32(22-24-10-6-3-7-11-24)29(36)33(30)17-14-23-8-4-2-5-9-23/h2-13,20,34H,14-19,21-22H2,1H3. The van der Waals surface area contributed by atoms with Gasteiger partial charge < -0.3 is 14.7 Å². The van der Waals surface area contributed by atoms with Gasteiger partial charge in [-0.1, -0.05) is 66.7 Å². The number of benzene rings is 3. The number of aromatic hydroxyl groups is 1. The number of carbonyl (C=O) groups excluding carboxylic acids is 2. The molecule has 0 aromatic heterocycles. The van der Waals surface area contributed by atoms with Crippen molar-refractivity contribution in [3.63, 3.8) is 0 Å². The van der Waals surface area contributed by atoms with Crippen molar-refractivity contribution in [1.82, 2.24) is 14.7 Å². The van der Waals surface area contributed by atoms with Crippen molar-refractivity contribution in [2.45, 2.75) is 37.9 Å². The number of phenols is 1. The molecule has 1 spiro atoms. The second-order valence-electron chi connectivity index (χ2n) is 9.86. The summed E-state index contributed by atoms with van der Waals surface area (Å²) in [5.74, 6) is 0.480. The summed E-state index contributed by atoms with van der Waals surface area (Å²) in [5, 5.41) is 10.2. The monoisotopic (exact) mass is 499 g/mol. The maximum absolute atomic E-state index is 13.9. The van der Waals surface area contributed by atoms with Crippen LogP contribution < -0.4 is 4.74 Å². The Balaban J connectivity index is 1.34. The number of imide groups is 1. The number of methoxy groups -OCH3 is 1. The molecule has 1 N–H and O–H groups in total. The van der Waals surface area contributed by atoms with Crippen molar-refractivity contribution in [2.75, 3.05) is 26.7 Å². The number of hydrogen-bond acceptors (Lipinski definition) is 5. The fourth-order valence-corrected chi connectivity index (χ4v) is 5.54. The van der Waals surface area contributed by atoms with Crippen LogP contribution in [0.2, 0.25) is 0 Å². The number of ether oxygens (including phenoxy) is 1. The van der Waals surface area contributed by atoms with E-state index in [0.29, 0.717) is 51.2 Å². The summed E-state index contributed by atoms with van der Waals surface area (Å²) in [5.41, 5.74) is 2.26. The Bertz CT molecular complexity index is 1240. The van der Waals surface area contributed by atoms with Crippen LogP contribution in [0.4, 0.5) is 4.79 Å². The summed E-state index contributed by atoms with van der Waals surface area (Å²) in [4.78, 5) is 33.1. The molecular weight excluding hydrogens is 466 g/mol. The maximum atomic E-state index is 13.9. The molecule has 0 aliphatic carbocycles. The maximum Gasteiger partial charge on any atom is 0.328 e. The first-order valence-corrected chi connectivity index (χ1v) is 12.8. The van der Waals surface area contributed by atoms with Gasteiger partial charge in [-0.25, -0.2) is 4.79 Å². The minimum atomic E-state index is -0.820. The van der Waals surface area contributed by atoms with E-state index in [9.17, 15) is 14.7 Å². The Hall–Kier alpha value is -3.84. The van der Waals surface area contributed by atoms with Crippen molar-refractivity contribution in [1.29, 1.82) is 0 Å². The molecule has 0 bridgehead atoms. The van der Waals surface area contributed by atoms with Crippen molar-refractivity contribution < 1.29 is 19.4 Å². The summed E-state index contributed by atoms with van der Waals surface area (Å²) in [6, 6.07) is 25.0. The molecule has 7 heteroatoms. The molecular formula is C30H33N3O4. The zero-order chi connectivity index (χ0) is 25.8. The lowest BCUT2D eigenvalue weighted by Gasteiger charge is -2.42. The Labute approximate surface area is 217 Å². The van der Waals surface area contributed by atoms with E-state index < -0.39 is 5.54 Å². The zero-order valence-corrected chi connectivity index (χ0v) is 21.2. The second-order valence-corrected chi connectivity index (χ2v) is 9.86. The third-order valence-electron chi connectivity index (χ3n) is 7.60. The number of nitrogens with zero attached hydrogens (tertiary/aromatic N) is 3. The normalized spacial score (nSPS) is 17.5. The molecule has 2 aliphatic heterocycles. The first-order chi connectivity index (χ1) is 18.0. The van der Waals surface area contributed by atoms with Gasteiger partial charge in [0, 0.05) is 26.2 Å². The van der Waals surface area contributed by atoms with Crippen LogP contribution in [0.25, 0.3) is 0 Å². The number of hydrogen-bond donors (Lipinski definition) is 1. The molecule has 3 amide bonds. The quantitative estimate of drug-likeness (QED) is 0.464. The molecule has 0 saturated carbocycles. The van der Waals surface area contributed by atoms with Crippen LogP contribution in [0.5, 0.6) is 11.5 Å². The minimum absolute atomic E-state index is 0.0869. The molecule has 0 unspecified atom stereocenters. The van der Waals surface area contributed by atoms with E-state index in [1.807, 2.05) is 59.5 Å². The molecule has 7 nitrogen and oxygen atoms in total. The van der Waals surface area contributed by atoms with Crippen LogP contribution in [-0.4, -0.2) is 64.0 Å². The van der Waals surface area contributed by atoms with Crippen LogP contribution in [0.3, 0.4) is 0 Å². The van der Waals surface area contributed by atoms with Gasteiger partial charge in [0.2, 0.25) is 0 Å². The lowest BCUT2D eigenvalue weighted by Crippen LogP contribution is -2.56. The molecule has 2 aliphatic rings. The second kappa shape index (κ2) is 10.6. The van der Waals surface area contributed by atoms with E-state index in [-0.39, 0.29) is 24.2 Å². The van der Waals surface area contributed by atoms with Gasteiger partial charge >= 0.3 is 6.03 Å². The fraction of sp³-hybridized carbons (Fsp3) is 0.333. The number of carbonyl (C=O) groups is 2. The fourth-order valence-electron chi connectivity index (χ4n) is 5.54.